The SMILES string of the molecule is CC(C)[C@H]1COC(/C=C/c2ccccc2)=N1. The third-order valence-corrected chi connectivity index (χ3v) is 2.68. The number of aliphatic imine (C=N–C) groups is 1. The van der Waals surface area contributed by atoms with Crippen LogP contribution in [0.3, 0.4) is 0 Å². The Kier molecular flexibility index (Phi) is 3.40. The number of nitrogens with zero attached hydrogens (tertiary/aromatic N) is 1. The van der Waals surface area contributed by atoms with Gasteiger partial charge in [0.05, 0.1) is 6.04 Å². The van der Waals surface area contributed by atoms with Gasteiger partial charge in [0, 0.05) is 6.08 Å². The van der Waals surface area contributed by atoms with E-state index in [-0.39, 0.29) is 0 Å². The molecule has 0 radical (unpaired) electrons. The lowest BCUT2D eigenvalue weighted by molar-refractivity contribution is 0.293. The van der Waals surface area contributed by atoms with Crippen molar-refractivity contribution in [3.05, 3.63) is 42.0 Å². The second-order valence-electron chi connectivity index (χ2n) is 4.33. The van der Waals surface area contributed by atoms with Gasteiger partial charge in [0.25, 0.3) is 0 Å². The Morgan fingerprint density at radius 2 is 2.00 bits per heavy atom. The van der Waals surface area contributed by atoms with Crippen LogP contribution in [0.2, 0.25) is 0 Å². The van der Waals surface area contributed by atoms with Gasteiger partial charge in [0.1, 0.15) is 6.61 Å². The molecule has 0 aromatic heterocycles. The minimum atomic E-state index is 0.315. The fourth-order valence-electron chi connectivity index (χ4n) is 1.57. The van der Waals surface area contributed by atoms with Crippen LogP contribution in [0.4, 0.5) is 0 Å². The molecule has 84 valence electrons. The summed E-state index contributed by atoms with van der Waals surface area (Å²) in [6.07, 6.45) is 3.97. The summed E-state index contributed by atoms with van der Waals surface area (Å²) in [7, 11) is 0. The molecule has 0 fully saturated rings. The zero-order chi connectivity index (χ0) is 11.4. The van der Waals surface area contributed by atoms with Gasteiger partial charge in [-0.15, -0.1) is 0 Å². The van der Waals surface area contributed by atoms with Crippen molar-refractivity contribution in [3.8, 4) is 0 Å². The van der Waals surface area contributed by atoms with E-state index in [0.717, 1.165) is 5.90 Å². The normalized spacial score (nSPS) is 20.2. The van der Waals surface area contributed by atoms with Crippen LogP contribution in [-0.4, -0.2) is 18.5 Å². The molecule has 2 rings (SSSR count). The summed E-state index contributed by atoms with van der Waals surface area (Å²) in [6, 6.07) is 10.5. The monoisotopic (exact) mass is 215 g/mol. The molecular formula is C14H17NO. The van der Waals surface area contributed by atoms with Crippen molar-refractivity contribution in [2.24, 2.45) is 10.9 Å². The molecule has 0 saturated heterocycles. The van der Waals surface area contributed by atoms with Gasteiger partial charge in [0.2, 0.25) is 5.90 Å². The molecule has 0 bridgehead atoms. The highest BCUT2D eigenvalue weighted by Crippen LogP contribution is 2.14. The Labute approximate surface area is 96.7 Å². The maximum Gasteiger partial charge on any atom is 0.209 e. The van der Waals surface area contributed by atoms with E-state index in [1.54, 1.807) is 0 Å². The quantitative estimate of drug-likeness (QED) is 0.759. The Morgan fingerprint density at radius 3 is 2.62 bits per heavy atom. The number of rotatable bonds is 3. The molecule has 1 aliphatic rings. The third kappa shape index (κ3) is 2.72. The fourth-order valence-corrected chi connectivity index (χ4v) is 1.57. The molecule has 0 N–H and O–H groups in total. The number of ether oxygens (including phenoxy) is 1. The second-order valence-corrected chi connectivity index (χ2v) is 4.33. The average molecular weight is 215 g/mol. The van der Waals surface area contributed by atoms with Crippen molar-refractivity contribution in [3.63, 3.8) is 0 Å². The van der Waals surface area contributed by atoms with Crippen molar-refractivity contribution in [1.29, 1.82) is 0 Å². The van der Waals surface area contributed by atoms with Gasteiger partial charge in [0.15, 0.2) is 0 Å². The molecule has 2 nitrogen and oxygen atoms in total. The first kappa shape index (κ1) is 10.9. The largest absolute Gasteiger partial charge is 0.476 e. The summed E-state index contributed by atoms with van der Waals surface area (Å²) >= 11 is 0. The van der Waals surface area contributed by atoms with Crippen LogP contribution in [-0.2, 0) is 4.74 Å². The first-order chi connectivity index (χ1) is 7.75. The maximum atomic E-state index is 5.51. The van der Waals surface area contributed by atoms with E-state index in [1.165, 1.54) is 5.56 Å². The Hall–Kier alpha value is -1.57. The average Bonchev–Trinajstić information content (AvgIpc) is 2.76. The van der Waals surface area contributed by atoms with E-state index in [4.69, 9.17) is 4.74 Å². The molecule has 0 amide bonds. The van der Waals surface area contributed by atoms with Gasteiger partial charge in [-0.1, -0.05) is 44.2 Å². The molecule has 2 heteroatoms. The third-order valence-electron chi connectivity index (χ3n) is 2.68. The molecule has 1 aliphatic heterocycles. The first-order valence-corrected chi connectivity index (χ1v) is 5.69. The minimum Gasteiger partial charge on any atom is -0.476 e. The zero-order valence-electron chi connectivity index (χ0n) is 9.76. The molecule has 0 spiro atoms. The van der Waals surface area contributed by atoms with E-state index >= 15 is 0 Å². The Balaban J connectivity index is 2.01. The lowest BCUT2D eigenvalue weighted by Gasteiger charge is -2.06. The number of hydrogen-bond acceptors (Lipinski definition) is 2. The summed E-state index contributed by atoms with van der Waals surface area (Å²) in [5.74, 6) is 1.30. The standard InChI is InChI=1S/C14H17NO/c1-11(2)13-10-16-14(15-13)9-8-12-6-4-3-5-7-12/h3-9,11,13H,10H2,1-2H3/b9-8+/t13-/m1/s1. The molecule has 0 saturated carbocycles. The van der Waals surface area contributed by atoms with E-state index in [2.05, 4.69) is 31.0 Å². The predicted octanol–water partition coefficient (Wildman–Crippen LogP) is 3.15. The summed E-state index contributed by atoms with van der Waals surface area (Å²) in [5.41, 5.74) is 1.17. The summed E-state index contributed by atoms with van der Waals surface area (Å²) in [6.45, 7) is 5.05. The van der Waals surface area contributed by atoms with Gasteiger partial charge < -0.3 is 4.74 Å². The van der Waals surface area contributed by atoms with Gasteiger partial charge >= 0.3 is 0 Å². The van der Waals surface area contributed by atoms with E-state index in [9.17, 15) is 0 Å². The van der Waals surface area contributed by atoms with Crippen LogP contribution in [0, 0.1) is 5.92 Å². The highest BCUT2D eigenvalue weighted by atomic mass is 16.5. The Morgan fingerprint density at radius 1 is 1.25 bits per heavy atom. The number of hydrogen-bond donors (Lipinski definition) is 0. The topological polar surface area (TPSA) is 21.6 Å². The minimum absolute atomic E-state index is 0.315. The zero-order valence-corrected chi connectivity index (χ0v) is 9.76. The summed E-state index contributed by atoms with van der Waals surface area (Å²) in [4.78, 5) is 4.51. The fraction of sp³-hybridized carbons (Fsp3) is 0.357. The predicted molar refractivity (Wildman–Crippen MR) is 67.5 cm³/mol. The highest BCUT2D eigenvalue weighted by molar-refractivity contribution is 5.92. The van der Waals surface area contributed by atoms with Crippen molar-refractivity contribution in [1.82, 2.24) is 0 Å². The molecular weight excluding hydrogens is 198 g/mol. The maximum absolute atomic E-state index is 5.51. The van der Waals surface area contributed by atoms with Crippen LogP contribution < -0.4 is 0 Å². The van der Waals surface area contributed by atoms with E-state index < -0.39 is 0 Å². The number of benzene rings is 1. The van der Waals surface area contributed by atoms with Crippen LogP contribution in [0.25, 0.3) is 6.08 Å². The Bertz CT molecular complexity index is 392. The van der Waals surface area contributed by atoms with Gasteiger partial charge in [-0.3, -0.25) is 0 Å². The van der Waals surface area contributed by atoms with Gasteiger partial charge in [-0.2, -0.15) is 0 Å². The summed E-state index contributed by atoms with van der Waals surface area (Å²) < 4.78 is 5.51. The molecule has 1 aromatic carbocycles. The molecule has 0 aliphatic carbocycles. The van der Waals surface area contributed by atoms with Crippen molar-refractivity contribution < 1.29 is 4.74 Å². The van der Waals surface area contributed by atoms with Crippen molar-refractivity contribution in [2.75, 3.05) is 6.61 Å². The second kappa shape index (κ2) is 4.97. The van der Waals surface area contributed by atoms with Crippen LogP contribution >= 0.6 is 0 Å². The molecule has 1 atom stereocenters. The van der Waals surface area contributed by atoms with Crippen LogP contribution in [0.5, 0.6) is 0 Å². The summed E-state index contributed by atoms with van der Waals surface area (Å²) in [5, 5.41) is 0. The van der Waals surface area contributed by atoms with E-state index in [1.807, 2.05) is 30.4 Å². The van der Waals surface area contributed by atoms with Gasteiger partial charge in [-0.05, 0) is 17.6 Å². The lowest BCUT2D eigenvalue weighted by atomic mass is 10.1. The molecule has 0 unspecified atom stereocenters. The van der Waals surface area contributed by atoms with Gasteiger partial charge in [-0.25, -0.2) is 4.99 Å². The van der Waals surface area contributed by atoms with Crippen molar-refractivity contribution >= 4 is 12.0 Å². The van der Waals surface area contributed by atoms with Crippen molar-refractivity contribution in [2.45, 2.75) is 19.9 Å². The van der Waals surface area contributed by atoms with E-state index in [0.29, 0.717) is 18.6 Å². The van der Waals surface area contributed by atoms with Crippen LogP contribution in [0.1, 0.15) is 19.4 Å². The highest BCUT2D eigenvalue weighted by Gasteiger charge is 2.19. The van der Waals surface area contributed by atoms with Crippen LogP contribution in [0.15, 0.2) is 41.4 Å². The first-order valence-electron chi connectivity index (χ1n) is 5.69. The molecule has 1 aromatic rings. The molecule has 1 heterocycles. The lowest BCUT2D eigenvalue weighted by Crippen LogP contribution is -2.13. The molecule has 16 heavy (non-hydrogen) atoms. The smallest absolute Gasteiger partial charge is 0.209 e.